The van der Waals surface area contributed by atoms with Gasteiger partial charge in [-0.25, -0.2) is 0 Å². The topological polar surface area (TPSA) is 67.1 Å². The monoisotopic (exact) mass is 393 g/mol. The lowest BCUT2D eigenvalue weighted by Gasteiger charge is -2.18. The first-order valence-electron chi connectivity index (χ1n) is 8.70. The van der Waals surface area contributed by atoms with Crippen molar-refractivity contribution in [2.75, 3.05) is 10.6 Å². The molecule has 1 amide bonds. The lowest BCUT2D eigenvalue weighted by atomic mass is 10.1. The van der Waals surface area contributed by atoms with Crippen molar-refractivity contribution in [1.82, 2.24) is 0 Å². The third kappa shape index (κ3) is 5.13. The second kappa shape index (κ2) is 9.26. The number of nitrogens with one attached hydrogen (secondary N) is 2. The number of anilines is 2. The van der Waals surface area contributed by atoms with Gasteiger partial charge in [0.05, 0.1) is 10.7 Å². The zero-order chi connectivity index (χ0) is 17.8. The van der Waals surface area contributed by atoms with E-state index in [0.29, 0.717) is 10.7 Å². The highest BCUT2D eigenvalue weighted by atomic mass is 35.5. The molecule has 2 aromatic rings. The molecule has 0 spiro atoms. The molecule has 1 aliphatic carbocycles. The van der Waals surface area contributed by atoms with Crippen molar-refractivity contribution in [1.29, 1.82) is 0 Å². The molecular weight excluding hydrogens is 369 g/mol. The fraction of sp³-hybridized carbons (Fsp3) is 0.350. The summed E-state index contributed by atoms with van der Waals surface area (Å²) in [5.41, 5.74) is 8.64. The average molecular weight is 394 g/mol. The first kappa shape index (κ1) is 20.6. The van der Waals surface area contributed by atoms with Gasteiger partial charge in [0, 0.05) is 23.7 Å². The number of amides is 1. The maximum absolute atomic E-state index is 12.3. The molecule has 6 heteroatoms. The van der Waals surface area contributed by atoms with Crippen LogP contribution in [0.15, 0.2) is 48.5 Å². The zero-order valence-corrected chi connectivity index (χ0v) is 16.3. The van der Waals surface area contributed by atoms with Gasteiger partial charge in [-0.3, -0.25) is 4.79 Å². The van der Waals surface area contributed by atoms with Crippen LogP contribution in [0.4, 0.5) is 11.4 Å². The predicted molar refractivity (Wildman–Crippen MR) is 111 cm³/mol. The normalized spacial score (nSPS) is 20.1. The molecular formula is C20H25Cl2N3O. The van der Waals surface area contributed by atoms with Crippen LogP contribution in [0.5, 0.6) is 0 Å². The van der Waals surface area contributed by atoms with E-state index in [0.717, 1.165) is 24.9 Å². The molecule has 2 aromatic carbocycles. The highest BCUT2D eigenvalue weighted by Crippen LogP contribution is 2.30. The van der Waals surface area contributed by atoms with Gasteiger partial charge < -0.3 is 16.4 Å². The summed E-state index contributed by atoms with van der Waals surface area (Å²) in [6.07, 6.45) is 2.53. The van der Waals surface area contributed by atoms with E-state index in [-0.39, 0.29) is 36.3 Å². The van der Waals surface area contributed by atoms with Crippen molar-refractivity contribution in [2.24, 2.45) is 11.7 Å². The maximum atomic E-state index is 12.3. The molecule has 0 saturated heterocycles. The van der Waals surface area contributed by atoms with E-state index >= 15 is 0 Å². The van der Waals surface area contributed by atoms with E-state index in [1.807, 2.05) is 30.3 Å². The molecule has 3 unspecified atom stereocenters. The molecule has 1 fully saturated rings. The van der Waals surface area contributed by atoms with E-state index in [1.54, 1.807) is 6.07 Å². The van der Waals surface area contributed by atoms with E-state index in [9.17, 15) is 4.79 Å². The van der Waals surface area contributed by atoms with Crippen molar-refractivity contribution in [2.45, 2.75) is 38.3 Å². The summed E-state index contributed by atoms with van der Waals surface area (Å²) < 4.78 is 0. The van der Waals surface area contributed by atoms with E-state index in [4.69, 9.17) is 17.3 Å². The third-order valence-electron chi connectivity index (χ3n) is 4.75. The Kier molecular flexibility index (Phi) is 7.33. The highest BCUT2D eigenvalue weighted by Gasteiger charge is 2.27. The molecule has 3 atom stereocenters. The van der Waals surface area contributed by atoms with Crippen LogP contribution in [-0.4, -0.2) is 11.9 Å². The Morgan fingerprint density at radius 1 is 1.19 bits per heavy atom. The number of rotatable bonds is 5. The molecule has 0 aromatic heterocycles. The van der Waals surface area contributed by atoms with Gasteiger partial charge in [-0.05, 0) is 49.9 Å². The quantitative estimate of drug-likeness (QED) is 0.669. The molecule has 4 N–H and O–H groups in total. The van der Waals surface area contributed by atoms with Gasteiger partial charge >= 0.3 is 0 Å². The summed E-state index contributed by atoms with van der Waals surface area (Å²) in [4.78, 5) is 12.3. The molecule has 4 nitrogen and oxygen atoms in total. The molecule has 0 aliphatic heterocycles. The van der Waals surface area contributed by atoms with Gasteiger partial charge in [-0.15, -0.1) is 12.4 Å². The summed E-state index contributed by atoms with van der Waals surface area (Å²) in [6.45, 7) is 2.09. The summed E-state index contributed by atoms with van der Waals surface area (Å²) >= 11 is 6.39. The molecule has 3 rings (SSSR count). The van der Waals surface area contributed by atoms with E-state index < -0.39 is 0 Å². The number of benzene rings is 2. The van der Waals surface area contributed by atoms with Gasteiger partial charge in [0.25, 0.3) is 0 Å². The van der Waals surface area contributed by atoms with E-state index in [2.05, 4.69) is 29.7 Å². The smallest absolute Gasteiger partial charge is 0.227 e. The minimum Gasteiger partial charge on any atom is -0.377 e. The molecule has 0 bridgehead atoms. The van der Waals surface area contributed by atoms with Crippen LogP contribution in [0.25, 0.3) is 0 Å². The Bertz CT molecular complexity index is 739. The van der Waals surface area contributed by atoms with E-state index in [1.165, 1.54) is 5.56 Å². The molecule has 1 saturated carbocycles. The fourth-order valence-electron chi connectivity index (χ4n) is 3.27. The van der Waals surface area contributed by atoms with Gasteiger partial charge in [-0.2, -0.15) is 0 Å². The van der Waals surface area contributed by atoms with Gasteiger partial charge in [0.1, 0.15) is 0 Å². The standard InChI is InChI=1S/C20H24ClN3O.ClH/c1-13(14-5-3-2-4-6-14)23-19-10-9-17(12-18(19)21)24-20(25)15-7-8-16(22)11-15;/h2-6,9-10,12-13,15-16,23H,7-8,11,22H2,1H3,(H,24,25);1H. The number of nitrogens with two attached hydrogens (primary N) is 1. The SMILES string of the molecule is CC(Nc1ccc(NC(=O)C2CCC(N)C2)cc1Cl)c1ccccc1.Cl. The Labute approximate surface area is 165 Å². The largest absolute Gasteiger partial charge is 0.377 e. The van der Waals surface area contributed by atoms with Crippen molar-refractivity contribution in [3.8, 4) is 0 Å². The van der Waals surface area contributed by atoms with Crippen LogP contribution in [0, 0.1) is 5.92 Å². The maximum Gasteiger partial charge on any atom is 0.227 e. The summed E-state index contributed by atoms with van der Waals surface area (Å²) in [5.74, 6) is 0.0343. The second-order valence-electron chi connectivity index (χ2n) is 6.73. The number of hydrogen-bond donors (Lipinski definition) is 3. The fourth-order valence-corrected chi connectivity index (χ4v) is 3.50. The minimum atomic E-state index is 0. The van der Waals surface area contributed by atoms with Gasteiger partial charge in [0.2, 0.25) is 5.91 Å². The van der Waals surface area contributed by atoms with Crippen LogP contribution < -0.4 is 16.4 Å². The molecule has 26 heavy (non-hydrogen) atoms. The Morgan fingerprint density at radius 3 is 2.54 bits per heavy atom. The second-order valence-corrected chi connectivity index (χ2v) is 7.14. The summed E-state index contributed by atoms with van der Waals surface area (Å²) in [6, 6.07) is 16.0. The molecule has 0 heterocycles. The first-order valence-corrected chi connectivity index (χ1v) is 9.08. The lowest BCUT2D eigenvalue weighted by Crippen LogP contribution is -2.23. The van der Waals surface area contributed by atoms with Crippen molar-refractivity contribution >= 4 is 41.3 Å². The van der Waals surface area contributed by atoms with Crippen LogP contribution in [0.3, 0.4) is 0 Å². The Balaban J connectivity index is 0.00000243. The van der Waals surface area contributed by atoms with Crippen LogP contribution in [0.1, 0.15) is 37.8 Å². The Morgan fingerprint density at radius 2 is 1.92 bits per heavy atom. The third-order valence-corrected chi connectivity index (χ3v) is 5.06. The zero-order valence-electron chi connectivity index (χ0n) is 14.7. The molecule has 0 radical (unpaired) electrons. The molecule has 1 aliphatic rings. The van der Waals surface area contributed by atoms with Gasteiger partial charge in [-0.1, -0.05) is 41.9 Å². The first-order chi connectivity index (χ1) is 12.0. The van der Waals surface area contributed by atoms with Gasteiger partial charge in [0.15, 0.2) is 0 Å². The van der Waals surface area contributed by atoms with Crippen LogP contribution in [-0.2, 0) is 4.79 Å². The number of carbonyl (C=O) groups excluding carboxylic acids is 1. The number of halogens is 2. The number of carbonyl (C=O) groups is 1. The highest BCUT2D eigenvalue weighted by molar-refractivity contribution is 6.33. The van der Waals surface area contributed by atoms with Crippen molar-refractivity contribution in [3.05, 3.63) is 59.1 Å². The average Bonchev–Trinajstić information content (AvgIpc) is 3.04. The van der Waals surface area contributed by atoms with Crippen LogP contribution in [0.2, 0.25) is 5.02 Å². The lowest BCUT2D eigenvalue weighted by molar-refractivity contribution is -0.119. The van der Waals surface area contributed by atoms with Crippen LogP contribution >= 0.6 is 24.0 Å². The van der Waals surface area contributed by atoms with Crippen molar-refractivity contribution in [3.63, 3.8) is 0 Å². The minimum absolute atomic E-state index is 0. The predicted octanol–water partition coefficient (Wildman–Crippen LogP) is 5.00. The van der Waals surface area contributed by atoms with Crippen molar-refractivity contribution < 1.29 is 4.79 Å². The Hall–Kier alpha value is -1.75. The summed E-state index contributed by atoms with van der Waals surface area (Å²) in [5, 5.41) is 6.94. The summed E-state index contributed by atoms with van der Waals surface area (Å²) in [7, 11) is 0. The number of hydrogen-bond acceptors (Lipinski definition) is 3. The molecule has 140 valence electrons.